The Morgan fingerprint density at radius 3 is 2.34 bits per heavy atom. The molecule has 158 valence electrons. The van der Waals surface area contributed by atoms with Crippen LogP contribution in [0.2, 0.25) is 5.02 Å². The largest absolute Gasteiger partial charge is 0.389 e. The minimum atomic E-state index is -0.595. The zero-order valence-corrected chi connectivity index (χ0v) is 18.5. The van der Waals surface area contributed by atoms with Gasteiger partial charge in [0.1, 0.15) is 0 Å². The molecule has 1 saturated heterocycles. The number of piperazine rings is 1. The second-order valence-corrected chi connectivity index (χ2v) is 8.84. The summed E-state index contributed by atoms with van der Waals surface area (Å²) in [6.07, 6.45) is 5.33. The normalized spacial score (nSPS) is 20.6. The van der Waals surface area contributed by atoms with E-state index in [2.05, 4.69) is 46.6 Å². The lowest BCUT2D eigenvalue weighted by atomic mass is 9.72. The molecular weight excluding hydrogens is 403 g/mol. The monoisotopic (exact) mass is 434 g/mol. The number of halogens is 2. The minimum Gasteiger partial charge on any atom is -0.389 e. The molecule has 2 aromatic rings. The van der Waals surface area contributed by atoms with Gasteiger partial charge in [0, 0.05) is 43.7 Å². The Hall–Kier alpha value is -1.10. The van der Waals surface area contributed by atoms with E-state index in [0.717, 1.165) is 63.4 Å². The molecule has 1 saturated carbocycles. The van der Waals surface area contributed by atoms with Gasteiger partial charge in [-0.2, -0.15) is 0 Å². The van der Waals surface area contributed by atoms with Crippen molar-refractivity contribution in [2.24, 2.45) is 0 Å². The molecular formula is C24H32Cl2N2O. The molecule has 2 N–H and O–H groups in total. The molecule has 0 amide bonds. The summed E-state index contributed by atoms with van der Waals surface area (Å²) in [5, 5.41) is 15.8. The van der Waals surface area contributed by atoms with E-state index in [-0.39, 0.29) is 18.3 Å². The fraction of sp³-hybridized carbons (Fsp3) is 0.500. The smallest absolute Gasteiger partial charge is 0.0728 e. The van der Waals surface area contributed by atoms with E-state index in [0.29, 0.717) is 0 Å². The maximum Gasteiger partial charge on any atom is 0.0728 e. The van der Waals surface area contributed by atoms with Crippen LogP contribution in [0, 0.1) is 0 Å². The van der Waals surface area contributed by atoms with Crippen molar-refractivity contribution in [3.63, 3.8) is 0 Å². The number of nitrogens with zero attached hydrogens (tertiary/aromatic N) is 1. The molecule has 4 rings (SSSR count). The molecule has 2 fully saturated rings. The summed E-state index contributed by atoms with van der Waals surface area (Å²) >= 11 is 6.07. The molecule has 5 heteroatoms. The highest BCUT2D eigenvalue weighted by atomic mass is 35.5. The van der Waals surface area contributed by atoms with Crippen molar-refractivity contribution in [3.05, 3.63) is 59.1 Å². The Labute approximate surface area is 185 Å². The molecule has 2 aliphatic rings. The Morgan fingerprint density at radius 1 is 0.966 bits per heavy atom. The first-order chi connectivity index (χ1) is 13.6. The van der Waals surface area contributed by atoms with Crippen molar-refractivity contribution >= 4 is 24.0 Å². The summed E-state index contributed by atoms with van der Waals surface area (Å²) < 4.78 is 0. The molecule has 1 aliphatic heterocycles. The fourth-order valence-electron chi connectivity index (χ4n) is 4.83. The number of benzene rings is 2. The molecule has 29 heavy (non-hydrogen) atoms. The van der Waals surface area contributed by atoms with Crippen LogP contribution < -0.4 is 5.32 Å². The van der Waals surface area contributed by atoms with Crippen molar-refractivity contribution in [2.45, 2.75) is 43.6 Å². The van der Waals surface area contributed by atoms with Gasteiger partial charge in [-0.1, -0.05) is 67.3 Å². The molecule has 1 heterocycles. The molecule has 0 bridgehead atoms. The van der Waals surface area contributed by atoms with Gasteiger partial charge < -0.3 is 15.3 Å². The maximum absolute atomic E-state index is 11.7. The van der Waals surface area contributed by atoms with Gasteiger partial charge in [-0.3, -0.25) is 0 Å². The van der Waals surface area contributed by atoms with Crippen LogP contribution >= 0.6 is 24.0 Å². The van der Waals surface area contributed by atoms with Crippen LogP contribution in [0.5, 0.6) is 0 Å². The topological polar surface area (TPSA) is 35.5 Å². The second-order valence-electron chi connectivity index (χ2n) is 8.40. The van der Waals surface area contributed by atoms with Crippen LogP contribution in [-0.2, 0) is 0 Å². The second kappa shape index (κ2) is 10.3. The van der Waals surface area contributed by atoms with Crippen LogP contribution in [0.25, 0.3) is 11.1 Å². The predicted molar refractivity (Wildman–Crippen MR) is 124 cm³/mol. The van der Waals surface area contributed by atoms with Crippen molar-refractivity contribution < 1.29 is 5.11 Å². The van der Waals surface area contributed by atoms with Crippen LogP contribution in [0.4, 0.5) is 0 Å². The van der Waals surface area contributed by atoms with Crippen molar-refractivity contribution in [2.75, 3.05) is 32.7 Å². The third-order valence-electron chi connectivity index (χ3n) is 6.48. The van der Waals surface area contributed by atoms with Crippen LogP contribution in [0.15, 0.2) is 48.5 Å². The van der Waals surface area contributed by atoms with Crippen LogP contribution in [-0.4, -0.2) is 48.3 Å². The van der Waals surface area contributed by atoms with E-state index >= 15 is 0 Å². The van der Waals surface area contributed by atoms with E-state index in [4.69, 9.17) is 11.6 Å². The van der Waals surface area contributed by atoms with Gasteiger partial charge in [-0.25, -0.2) is 0 Å². The van der Waals surface area contributed by atoms with Crippen molar-refractivity contribution in [3.8, 4) is 11.1 Å². The van der Waals surface area contributed by atoms with Gasteiger partial charge in [-0.15, -0.1) is 12.4 Å². The molecule has 1 unspecified atom stereocenters. The number of aliphatic hydroxyl groups is 1. The van der Waals surface area contributed by atoms with Crippen LogP contribution in [0.3, 0.4) is 0 Å². The third kappa shape index (κ3) is 5.53. The van der Waals surface area contributed by atoms with Gasteiger partial charge in [0.25, 0.3) is 0 Å². The van der Waals surface area contributed by atoms with Crippen molar-refractivity contribution in [1.82, 2.24) is 10.2 Å². The summed E-state index contributed by atoms with van der Waals surface area (Å²) in [5.41, 5.74) is 3.03. The third-order valence-corrected chi connectivity index (χ3v) is 6.74. The van der Waals surface area contributed by atoms with Crippen LogP contribution in [0.1, 0.15) is 43.6 Å². The van der Waals surface area contributed by atoms with E-state index in [9.17, 15) is 5.11 Å². The van der Waals surface area contributed by atoms with Gasteiger partial charge >= 0.3 is 0 Å². The Balaban J connectivity index is 0.00000240. The molecule has 0 aromatic heterocycles. The Morgan fingerprint density at radius 2 is 1.66 bits per heavy atom. The summed E-state index contributed by atoms with van der Waals surface area (Å²) in [6.45, 7) is 5.13. The molecule has 0 spiro atoms. The average Bonchev–Trinajstić information content (AvgIpc) is 2.74. The highest BCUT2D eigenvalue weighted by molar-refractivity contribution is 6.30. The van der Waals surface area contributed by atoms with E-state index in [1.165, 1.54) is 23.1 Å². The first-order valence-electron chi connectivity index (χ1n) is 10.7. The average molecular weight is 435 g/mol. The number of hydrogen-bond acceptors (Lipinski definition) is 3. The zero-order chi connectivity index (χ0) is 19.4. The predicted octanol–water partition coefficient (Wildman–Crippen LogP) is 5.11. The quantitative estimate of drug-likeness (QED) is 0.685. The first-order valence-corrected chi connectivity index (χ1v) is 11.0. The van der Waals surface area contributed by atoms with E-state index in [1.807, 2.05) is 12.1 Å². The number of rotatable bonds is 5. The zero-order valence-electron chi connectivity index (χ0n) is 16.9. The molecule has 0 radical (unpaired) electrons. The molecule has 1 atom stereocenters. The molecule has 2 aromatic carbocycles. The summed E-state index contributed by atoms with van der Waals surface area (Å²) in [5.74, 6) is 0.151. The molecule has 1 aliphatic carbocycles. The molecule has 3 nitrogen and oxygen atoms in total. The highest BCUT2D eigenvalue weighted by Crippen LogP contribution is 2.41. The number of hydrogen-bond donors (Lipinski definition) is 2. The fourth-order valence-corrected chi connectivity index (χ4v) is 4.95. The maximum atomic E-state index is 11.7. The van der Waals surface area contributed by atoms with Crippen molar-refractivity contribution in [1.29, 1.82) is 0 Å². The minimum absolute atomic E-state index is 0. The lowest BCUT2D eigenvalue weighted by Crippen LogP contribution is -2.49. The van der Waals surface area contributed by atoms with E-state index < -0.39 is 5.60 Å². The highest BCUT2D eigenvalue weighted by Gasteiger charge is 2.39. The van der Waals surface area contributed by atoms with Gasteiger partial charge in [0.2, 0.25) is 0 Å². The van der Waals surface area contributed by atoms with Gasteiger partial charge in [0.05, 0.1) is 5.60 Å². The summed E-state index contributed by atoms with van der Waals surface area (Å²) in [4.78, 5) is 2.52. The Bertz CT molecular complexity index is 769. The standard InChI is InChI=1S/C24H31ClN2O.ClH/c25-22-9-7-19(8-10-22)20-5-4-6-21(17-20)23(18-27-15-13-26-14-16-27)24(28)11-2-1-3-12-24;/h4-10,17,23,26,28H,1-3,11-16,18H2;1H. The SMILES string of the molecule is Cl.OC1(C(CN2CCNCC2)c2cccc(-c3ccc(Cl)cc3)c2)CCCCC1. The summed E-state index contributed by atoms with van der Waals surface area (Å²) in [7, 11) is 0. The lowest BCUT2D eigenvalue weighted by Gasteiger charge is -2.42. The Kier molecular flexibility index (Phi) is 8.00. The van der Waals surface area contributed by atoms with Gasteiger partial charge in [0.15, 0.2) is 0 Å². The van der Waals surface area contributed by atoms with E-state index in [1.54, 1.807) is 0 Å². The van der Waals surface area contributed by atoms with Gasteiger partial charge in [-0.05, 0) is 41.7 Å². The first kappa shape index (κ1) is 22.6. The lowest BCUT2D eigenvalue weighted by molar-refractivity contribution is -0.0316. The number of nitrogens with one attached hydrogen (secondary N) is 1. The summed E-state index contributed by atoms with van der Waals surface area (Å²) in [6, 6.07) is 16.8.